The van der Waals surface area contributed by atoms with Crippen molar-refractivity contribution in [2.75, 3.05) is 39.3 Å². The molecule has 0 unspecified atom stereocenters. The van der Waals surface area contributed by atoms with Crippen LogP contribution >= 0.6 is 11.6 Å². The van der Waals surface area contributed by atoms with Gasteiger partial charge >= 0.3 is 5.69 Å². The van der Waals surface area contributed by atoms with Crippen LogP contribution in [-0.2, 0) is 4.79 Å². The maximum absolute atomic E-state index is 12.9. The van der Waals surface area contributed by atoms with E-state index in [0.717, 1.165) is 50.3 Å². The van der Waals surface area contributed by atoms with Crippen LogP contribution in [0.2, 0.25) is 5.02 Å². The van der Waals surface area contributed by atoms with Crippen molar-refractivity contribution in [1.82, 2.24) is 9.80 Å². The van der Waals surface area contributed by atoms with Crippen molar-refractivity contribution < 1.29 is 19.2 Å². The number of carbonyl (C=O) groups is 1. The molecule has 2 fully saturated rings. The monoisotopic (exact) mass is 543 g/mol. The molecule has 206 valence electrons. The number of nitrogens with zero attached hydrogens (tertiary/aromatic N) is 3. The normalized spacial score (nSPS) is 17.5. The number of carbonyl (C=O) groups excluding carboxylic acids is 1. The molecule has 9 heteroatoms. The highest BCUT2D eigenvalue weighted by molar-refractivity contribution is 6.30. The minimum Gasteiger partial charge on any atom is -0.490 e. The molecule has 0 aliphatic carbocycles. The smallest absolute Gasteiger partial charge is 0.311 e. The molecular weight excluding hydrogens is 506 g/mol. The van der Waals surface area contributed by atoms with Crippen molar-refractivity contribution in [3.8, 4) is 11.5 Å². The molecule has 2 aliphatic rings. The number of rotatable bonds is 10. The second-order valence-electron chi connectivity index (χ2n) is 10.7. The molecule has 0 spiro atoms. The summed E-state index contributed by atoms with van der Waals surface area (Å²) in [5.41, 5.74) is 1.29. The van der Waals surface area contributed by atoms with Crippen LogP contribution in [-0.4, -0.2) is 66.1 Å². The summed E-state index contributed by atoms with van der Waals surface area (Å²) in [4.78, 5) is 28.1. The van der Waals surface area contributed by atoms with Crippen molar-refractivity contribution in [2.24, 2.45) is 5.92 Å². The SMILES string of the molecule is CC(C)COc1cc(OC2CCN(C(=O)CCN3CCC(c4ccc(Cl)cc4)CC3)CC2)ccc1[N+](=O)[O-]. The van der Waals surface area contributed by atoms with Crippen LogP contribution in [0.1, 0.15) is 57.4 Å². The number of hydrogen-bond donors (Lipinski definition) is 0. The van der Waals surface area contributed by atoms with Crippen LogP contribution in [0.15, 0.2) is 42.5 Å². The Balaban J connectivity index is 1.19. The molecule has 0 radical (unpaired) electrons. The summed E-state index contributed by atoms with van der Waals surface area (Å²) in [6, 6.07) is 12.8. The van der Waals surface area contributed by atoms with Crippen LogP contribution in [0.4, 0.5) is 5.69 Å². The van der Waals surface area contributed by atoms with E-state index in [4.69, 9.17) is 21.1 Å². The number of nitro groups is 1. The number of piperidine rings is 2. The van der Waals surface area contributed by atoms with E-state index in [1.54, 1.807) is 12.1 Å². The minimum atomic E-state index is -0.439. The largest absolute Gasteiger partial charge is 0.490 e. The van der Waals surface area contributed by atoms with Crippen LogP contribution in [0, 0.1) is 16.0 Å². The van der Waals surface area contributed by atoms with Gasteiger partial charge in [-0.05, 0) is 61.5 Å². The molecule has 4 rings (SSSR count). The second-order valence-corrected chi connectivity index (χ2v) is 11.1. The Morgan fingerprint density at radius 3 is 2.37 bits per heavy atom. The standard InChI is InChI=1S/C29H38ClN3O5/c1-21(2)20-37-28-19-26(7-8-27(28)33(35)36)38-25-11-17-32(18-12-25)29(34)13-16-31-14-9-23(10-15-31)22-3-5-24(30)6-4-22/h3-8,19,21,23,25H,9-18,20H2,1-2H3. The lowest BCUT2D eigenvalue weighted by molar-refractivity contribution is -0.385. The fraction of sp³-hybridized carbons (Fsp3) is 0.552. The number of benzene rings is 2. The molecule has 2 saturated heterocycles. The number of likely N-dealkylation sites (tertiary alicyclic amines) is 2. The summed E-state index contributed by atoms with van der Waals surface area (Å²) in [6.45, 7) is 8.51. The van der Waals surface area contributed by atoms with Crippen molar-refractivity contribution >= 4 is 23.2 Å². The molecule has 0 aromatic heterocycles. The Morgan fingerprint density at radius 2 is 1.74 bits per heavy atom. The predicted octanol–water partition coefficient (Wildman–Crippen LogP) is 5.92. The van der Waals surface area contributed by atoms with E-state index in [0.29, 0.717) is 37.8 Å². The molecule has 1 amide bonds. The molecule has 0 atom stereocenters. The van der Waals surface area contributed by atoms with Gasteiger partial charge in [-0.25, -0.2) is 0 Å². The molecule has 0 bridgehead atoms. The van der Waals surface area contributed by atoms with Crippen molar-refractivity contribution in [3.05, 3.63) is 63.2 Å². The Bertz CT molecular complexity index is 1080. The topological polar surface area (TPSA) is 85.2 Å². The lowest BCUT2D eigenvalue weighted by atomic mass is 9.89. The number of ether oxygens (including phenoxy) is 2. The maximum Gasteiger partial charge on any atom is 0.311 e. The number of amides is 1. The summed E-state index contributed by atoms with van der Waals surface area (Å²) in [5.74, 6) is 1.80. The van der Waals surface area contributed by atoms with Crippen LogP contribution in [0.3, 0.4) is 0 Å². The Labute approximate surface area is 230 Å². The van der Waals surface area contributed by atoms with E-state index in [9.17, 15) is 14.9 Å². The van der Waals surface area contributed by atoms with Crippen LogP contribution in [0.5, 0.6) is 11.5 Å². The molecule has 0 N–H and O–H groups in total. The van der Waals surface area contributed by atoms with E-state index in [1.165, 1.54) is 11.6 Å². The third-order valence-corrected chi connectivity index (χ3v) is 7.62. The first-order valence-electron chi connectivity index (χ1n) is 13.6. The fourth-order valence-electron chi connectivity index (χ4n) is 5.14. The lowest BCUT2D eigenvalue weighted by Crippen LogP contribution is -2.43. The molecule has 2 aromatic rings. The second kappa shape index (κ2) is 13.3. The van der Waals surface area contributed by atoms with Gasteiger partial charge in [0.05, 0.1) is 11.5 Å². The van der Waals surface area contributed by atoms with Crippen LogP contribution in [0.25, 0.3) is 0 Å². The van der Waals surface area contributed by atoms with Gasteiger partial charge in [0.2, 0.25) is 11.7 Å². The highest BCUT2D eigenvalue weighted by Gasteiger charge is 2.26. The van der Waals surface area contributed by atoms with E-state index < -0.39 is 4.92 Å². The molecule has 8 nitrogen and oxygen atoms in total. The fourth-order valence-corrected chi connectivity index (χ4v) is 5.27. The first kappa shape index (κ1) is 28.2. The molecule has 2 aliphatic heterocycles. The van der Waals surface area contributed by atoms with Crippen LogP contribution < -0.4 is 9.47 Å². The van der Waals surface area contributed by atoms with Gasteiger partial charge in [0.1, 0.15) is 11.9 Å². The summed E-state index contributed by atoms with van der Waals surface area (Å²) < 4.78 is 11.8. The van der Waals surface area contributed by atoms with Crippen molar-refractivity contribution in [2.45, 2.75) is 58.0 Å². The zero-order valence-corrected chi connectivity index (χ0v) is 23.1. The Hall–Kier alpha value is -2.84. The summed E-state index contributed by atoms with van der Waals surface area (Å²) in [7, 11) is 0. The average Bonchev–Trinajstić information content (AvgIpc) is 2.91. The average molecular weight is 544 g/mol. The quantitative estimate of drug-likeness (QED) is 0.273. The first-order valence-corrected chi connectivity index (χ1v) is 14.0. The minimum absolute atomic E-state index is 0.0367. The Kier molecular flexibility index (Phi) is 9.86. The number of halogens is 1. The summed E-state index contributed by atoms with van der Waals surface area (Å²) >= 11 is 6.02. The van der Waals surface area contributed by atoms with Gasteiger partial charge in [0, 0.05) is 56.1 Å². The van der Waals surface area contributed by atoms with E-state index in [2.05, 4.69) is 17.0 Å². The van der Waals surface area contributed by atoms with Crippen molar-refractivity contribution in [1.29, 1.82) is 0 Å². The van der Waals surface area contributed by atoms with E-state index >= 15 is 0 Å². The third-order valence-electron chi connectivity index (χ3n) is 7.37. The Morgan fingerprint density at radius 1 is 1.05 bits per heavy atom. The first-order chi connectivity index (χ1) is 18.3. The molecule has 0 saturated carbocycles. The van der Waals surface area contributed by atoms with E-state index in [1.807, 2.05) is 30.9 Å². The zero-order valence-electron chi connectivity index (χ0n) is 22.3. The van der Waals surface area contributed by atoms with Gasteiger partial charge in [-0.1, -0.05) is 37.6 Å². The predicted molar refractivity (Wildman–Crippen MR) is 148 cm³/mol. The molecular formula is C29H38ClN3O5. The summed E-state index contributed by atoms with van der Waals surface area (Å²) in [6.07, 6.45) is 4.17. The zero-order chi connectivity index (χ0) is 27.1. The maximum atomic E-state index is 12.9. The van der Waals surface area contributed by atoms with Gasteiger partial charge in [-0.15, -0.1) is 0 Å². The number of hydrogen-bond acceptors (Lipinski definition) is 6. The van der Waals surface area contributed by atoms with E-state index in [-0.39, 0.29) is 29.4 Å². The van der Waals surface area contributed by atoms with Gasteiger partial charge < -0.3 is 19.3 Å². The highest BCUT2D eigenvalue weighted by atomic mass is 35.5. The highest BCUT2D eigenvalue weighted by Crippen LogP contribution is 2.33. The van der Waals surface area contributed by atoms with Crippen molar-refractivity contribution in [3.63, 3.8) is 0 Å². The van der Waals surface area contributed by atoms with Gasteiger partial charge in [0.15, 0.2) is 0 Å². The molecule has 2 heterocycles. The lowest BCUT2D eigenvalue weighted by Gasteiger charge is -2.34. The number of nitro benzene ring substituents is 1. The molecule has 38 heavy (non-hydrogen) atoms. The van der Waals surface area contributed by atoms with Gasteiger partial charge in [-0.3, -0.25) is 14.9 Å². The van der Waals surface area contributed by atoms with Gasteiger partial charge in [-0.2, -0.15) is 0 Å². The summed E-state index contributed by atoms with van der Waals surface area (Å²) in [5, 5.41) is 12.1. The van der Waals surface area contributed by atoms with Gasteiger partial charge in [0.25, 0.3) is 0 Å². The third kappa shape index (κ3) is 7.84. The molecule has 2 aromatic carbocycles.